The Morgan fingerprint density at radius 1 is 0.639 bits per heavy atom. The smallest absolute Gasteiger partial charge is 0.0770 e. The Labute approximate surface area is 220 Å². The first kappa shape index (κ1) is 25.0. The molecule has 0 nitrogen and oxygen atoms in total. The molecule has 0 heterocycles. The van der Waals surface area contributed by atoms with Crippen molar-refractivity contribution in [2.24, 2.45) is 11.8 Å². The molecule has 5 rings (SSSR count). The summed E-state index contributed by atoms with van der Waals surface area (Å²) < 4.78 is 0. The first-order valence-corrected chi connectivity index (χ1v) is 16.8. The Hall–Kier alpha value is -2.64. The molecule has 0 spiro atoms. The highest BCUT2D eigenvalue weighted by Crippen LogP contribution is 2.57. The predicted molar refractivity (Wildman–Crippen MR) is 160 cm³/mol. The highest BCUT2D eigenvalue weighted by atomic mass is 28.3. The molecule has 0 fully saturated rings. The summed E-state index contributed by atoms with van der Waals surface area (Å²) in [5.74, 6) is 1.06. The summed E-state index contributed by atoms with van der Waals surface area (Å²) in [6.07, 6.45) is 29.0. The molecule has 1 aromatic carbocycles. The highest BCUT2D eigenvalue weighted by molar-refractivity contribution is 6.95. The molecule has 186 valence electrons. The third-order valence-electron chi connectivity index (χ3n) is 9.02. The molecule has 4 aliphatic rings. The number of hydrogen-bond acceptors (Lipinski definition) is 0. The van der Waals surface area contributed by atoms with Gasteiger partial charge in [0.1, 0.15) is 8.07 Å². The van der Waals surface area contributed by atoms with Crippen LogP contribution in [0.15, 0.2) is 125 Å². The molecule has 0 aliphatic heterocycles. The number of hydrogen-bond donors (Lipinski definition) is 0. The first-order chi connectivity index (χ1) is 17.5. The zero-order valence-corrected chi connectivity index (χ0v) is 23.8. The third kappa shape index (κ3) is 4.16. The molecule has 4 atom stereocenters. The molecule has 0 radical (unpaired) electrons. The van der Waals surface area contributed by atoms with Crippen LogP contribution in [0, 0.1) is 11.8 Å². The molecular weight excluding hydrogens is 448 g/mol. The Bertz CT molecular complexity index is 1160. The predicted octanol–water partition coefficient (Wildman–Crippen LogP) is 9.31. The van der Waals surface area contributed by atoms with E-state index in [1.54, 1.807) is 38.6 Å². The maximum absolute atomic E-state index is 2.69. The maximum atomic E-state index is 2.69. The Balaban J connectivity index is 1.71. The van der Waals surface area contributed by atoms with E-state index in [1.807, 2.05) is 0 Å². The fraction of sp³-hybridized carbons (Fsp3) is 0.371. The minimum absolute atomic E-state index is 0.486. The van der Waals surface area contributed by atoms with Crippen molar-refractivity contribution >= 4 is 13.3 Å². The van der Waals surface area contributed by atoms with Gasteiger partial charge >= 0.3 is 0 Å². The lowest BCUT2D eigenvalue weighted by Gasteiger charge is -2.43. The van der Waals surface area contributed by atoms with E-state index in [4.69, 9.17) is 0 Å². The Kier molecular flexibility index (Phi) is 7.22. The summed E-state index contributed by atoms with van der Waals surface area (Å²) in [5.41, 5.74) is 10.5. The van der Waals surface area contributed by atoms with Crippen molar-refractivity contribution in [3.8, 4) is 0 Å². The lowest BCUT2D eigenvalue weighted by molar-refractivity contribution is 0.668. The zero-order valence-electron chi connectivity index (χ0n) is 22.8. The van der Waals surface area contributed by atoms with Crippen molar-refractivity contribution < 1.29 is 0 Å². The quantitative estimate of drug-likeness (QED) is 0.334. The van der Waals surface area contributed by atoms with Gasteiger partial charge in [0, 0.05) is 22.9 Å². The van der Waals surface area contributed by atoms with Crippen LogP contribution < -0.4 is 5.19 Å². The molecule has 0 amide bonds. The topological polar surface area (TPSA) is 0 Å². The van der Waals surface area contributed by atoms with Crippen molar-refractivity contribution in [3.63, 3.8) is 0 Å². The SMILES string of the molecule is CCCC1C=CC=CC2=C1C=C(C)C2[Si](C)(c1ccccc1)C1C(C)=CC2=C1C=CC=CC2CCC. The summed E-state index contributed by atoms with van der Waals surface area (Å²) in [6, 6.07) is 11.6. The van der Waals surface area contributed by atoms with E-state index in [0.717, 1.165) is 0 Å². The summed E-state index contributed by atoms with van der Waals surface area (Å²) in [6.45, 7) is 12.2. The van der Waals surface area contributed by atoms with Crippen molar-refractivity contribution in [2.45, 2.75) is 71.0 Å². The van der Waals surface area contributed by atoms with Gasteiger partial charge in [-0.1, -0.05) is 141 Å². The molecule has 1 heteroatoms. The van der Waals surface area contributed by atoms with Gasteiger partial charge in [0.2, 0.25) is 0 Å². The molecule has 0 aromatic heterocycles. The van der Waals surface area contributed by atoms with Gasteiger partial charge in [0.25, 0.3) is 0 Å². The number of allylic oxidation sites excluding steroid dienone is 16. The fourth-order valence-electron chi connectivity index (χ4n) is 7.61. The van der Waals surface area contributed by atoms with Crippen LogP contribution in [0.5, 0.6) is 0 Å². The van der Waals surface area contributed by atoms with Gasteiger partial charge < -0.3 is 0 Å². The van der Waals surface area contributed by atoms with Gasteiger partial charge in [0.15, 0.2) is 0 Å². The Morgan fingerprint density at radius 3 is 1.56 bits per heavy atom. The maximum Gasteiger partial charge on any atom is 0.106 e. The van der Waals surface area contributed by atoms with E-state index in [-0.39, 0.29) is 0 Å². The second kappa shape index (κ2) is 10.4. The van der Waals surface area contributed by atoms with Gasteiger partial charge in [-0.05, 0) is 49.0 Å². The molecule has 36 heavy (non-hydrogen) atoms. The van der Waals surface area contributed by atoms with E-state index < -0.39 is 8.07 Å². The Morgan fingerprint density at radius 2 is 1.11 bits per heavy atom. The van der Waals surface area contributed by atoms with Crippen LogP contribution >= 0.6 is 0 Å². The summed E-state index contributed by atoms with van der Waals surface area (Å²) >= 11 is 0. The summed E-state index contributed by atoms with van der Waals surface area (Å²) in [5, 5.41) is 1.58. The van der Waals surface area contributed by atoms with Gasteiger partial charge in [-0.2, -0.15) is 0 Å². The lowest BCUT2D eigenvalue weighted by atomic mass is 9.92. The molecule has 4 unspecified atom stereocenters. The average molecular weight is 491 g/mol. The van der Waals surface area contributed by atoms with Gasteiger partial charge in [-0.25, -0.2) is 0 Å². The van der Waals surface area contributed by atoms with E-state index in [2.05, 4.69) is 125 Å². The molecular formula is C35H42Si. The minimum Gasteiger partial charge on any atom is -0.0770 e. The van der Waals surface area contributed by atoms with Crippen molar-refractivity contribution in [1.29, 1.82) is 0 Å². The van der Waals surface area contributed by atoms with Crippen LogP contribution in [0.1, 0.15) is 53.4 Å². The standard InChI is InChI=1S/C35H42Si/c1-6-15-27-17-11-13-21-30-32(27)23-25(3)34(30)36(5,29-19-9-8-10-20-29)35-26(4)24-33-28(16-7-2)18-12-14-22-31(33)35/h8-14,17-24,27-28,34-35H,6-7,15-16H2,1-5H3. The van der Waals surface area contributed by atoms with E-state index in [9.17, 15) is 0 Å². The van der Waals surface area contributed by atoms with Crippen LogP contribution in [0.3, 0.4) is 0 Å². The molecule has 0 saturated heterocycles. The molecule has 0 N–H and O–H groups in total. The summed E-state index contributed by atoms with van der Waals surface area (Å²) in [7, 11) is -2.16. The van der Waals surface area contributed by atoms with Crippen molar-refractivity contribution in [1.82, 2.24) is 0 Å². The first-order valence-electron chi connectivity index (χ1n) is 14.1. The highest BCUT2D eigenvalue weighted by Gasteiger charge is 2.52. The van der Waals surface area contributed by atoms with Crippen LogP contribution in [-0.2, 0) is 0 Å². The van der Waals surface area contributed by atoms with E-state index in [0.29, 0.717) is 22.9 Å². The van der Waals surface area contributed by atoms with Gasteiger partial charge in [-0.3, -0.25) is 0 Å². The van der Waals surface area contributed by atoms with Crippen molar-refractivity contribution in [3.05, 3.63) is 125 Å². The van der Waals surface area contributed by atoms with Gasteiger partial charge in [-0.15, -0.1) is 0 Å². The van der Waals surface area contributed by atoms with E-state index >= 15 is 0 Å². The summed E-state index contributed by atoms with van der Waals surface area (Å²) in [4.78, 5) is 0. The molecule has 0 saturated carbocycles. The third-order valence-corrected chi connectivity index (χ3v) is 14.5. The minimum atomic E-state index is -2.16. The molecule has 1 aromatic rings. The monoisotopic (exact) mass is 490 g/mol. The van der Waals surface area contributed by atoms with Crippen molar-refractivity contribution in [2.75, 3.05) is 0 Å². The molecule has 0 bridgehead atoms. The van der Waals surface area contributed by atoms with E-state index in [1.165, 1.54) is 25.7 Å². The average Bonchev–Trinajstić information content (AvgIpc) is 3.23. The van der Waals surface area contributed by atoms with Crippen LogP contribution in [0.4, 0.5) is 0 Å². The fourth-order valence-corrected chi connectivity index (χ4v) is 13.4. The number of rotatable bonds is 7. The second-order valence-electron chi connectivity index (χ2n) is 11.4. The molecule has 4 aliphatic carbocycles. The normalized spacial score (nSPS) is 28.5. The van der Waals surface area contributed by atoms with Crippen LogP contribution in [0.25, 0.3) is 0 Å². The largest absolute Gasteiger partial charge is 0.106 e. The zero-order chi connectivity index (χ0) is 25.3. The van der Waals surface area contributed by atoms with Crippen LogP contribution in [0.2, 0.25) is 17.6 Å². The lowest BCUT2D eigenvalue weighted by Crippen LogP contribution is -2.54. The van der Waals surface area contributed by atoms with Gasteiger partial charge in [0.05, 0.1) is 0 Å². The second-order valence-corrected chi connectivity index (χ2v) is 15.7. The van der Waals surface area contributed by atoms with Crippen LogP contribution in [-0.4, -0.2) is 8.07 Å². The number of benzene rings is 1.